The molecule has 0 N–H and O–H groups in total. The van der Waals surface area contributed by atoms with Gasteiger partial charge in [-0.3, -0.25) is 9.59 Å². The Morgan fingerprint density at radius 3 is 2.48 bits per heavy atom. The fourth-order valence-corrected chi connectivity index (χ4v) is 5.94. The lowest BCUT2D eigenvalue weighted by atomic mass is 10.2. The maximum absolute atomic E-state index is 13.1. The van der Waals surface area contributed by atoms with Crippen molar-refractivity contribution in [1.29, 1.82) is 0 Å². The van der Waals surface area contributed by atoms with Gasteiger partial charge in [0, 0.05) is 50.1 Å². The number of nitrogens with zero attached hydrogens (tertiary/aromatic N) is 3. The second-order valence-corrected chi connectivity index (χ2v) is 10.9. The summed E-state index contributed by atoms with van der Waals surface area (Å²) in [4.78, 5) is 28.8. The summed E-state index contributed by atoms with van der Waals surface area (Å²) in [6.07, 6.45) is 1.63. The van der Waals surface area contributed by atoms with Crippen LogP contribution >= 0.6 is 22.9 Å². The molecule has 2 amide bonds. The molecule has 0 saturated carbocycles. The second kappa shape index (κ2) is 9.95. The molecule has 166 valence electrons. The van der Waals surface area contributed by atoms with Gasteiger partial charge >= 0.3 is 0 Å². The minimum atomic E-state index is -3.77. The third kappa shape index (κ3) is 5.54. The first kappa shape index (κ1) is 23.5. The van der Waals surface area contributed by atoms with E-state index in [2.05, 4.69) is 6.58 Å². The van der Waals surface area contributed by atoms with Crippen LogP contribution in [-0.4, -0.2) is 67.1 Å². The number of thiophene rings is 1. The van der Waals surface area contributed by atoms with Gasteiger partial charge < -0.3 is 9.80 Å². The topological polar surface area (TPSA) is 78.0 Å². The predicted molar refractivity (Wildman–Crippen MR) is 122 cm³/mol. The zero-order chi connectivity index (χ0) is 22.6. The number of halogens is 1. The summed E-state index contributed by atoms with van der Waals surface area (Å²) in [6, 6.07) is 9.70. The summed E-state index contributed by atoms with van der Waals surface area (Å²) < 4.78 is 28.2. The molecule has 1 aliphatic heterocycles. The summed E-state index contributed by atoms with van der Waals surface area (Å²) in [5, 5.41) is 0. The number of sulfonamides is 1. The van der Waals surface area contributed by atoms with Crippen LogP contribution in [0.2, 0.25) is 4.34 Å². The Kier molecular flexibility index (Phi) is 7.53. The number of rotatable bonds is 7. The van der Waals surface area contributed by atoms with Crippen molar-refractivity contribution in [3.8, 4) is 0 Å². The Bertz CT molecular complexity index is 1080. The van der Waals surface area contributed by atoms with Gasteiger partial charge in [0.15, 0.2) is 0 Å². The SMILES string of the molecule is C=CCN(Cc1ccc(Cl)s1)C(=O)c1cccc(S(=O)(=O)N2CCN(C(C)=O)CC2)c1. The lowest BCUT2D eigenvalue weighted by Gasteiger charge is -2.33. The molecule has 7 nitrogen and oxygen atoms in total. The summed E-state index contributed by atoms with van der Waals surface area (Å²) >= 11 is 7.38. The van der Waals surface area contributed by atoms with Crippen LogP contribution < -0.4 is 0 Å². The summed E-state index contributed by atoms with van der Waals surface area (Å²) in [5.41, 5.74) is 0.285. The first-order chi connectivity index (χ1) is 14.7. The van der Waals surface area contributed by atoms with Crippen LogP contribution in [0.5, 0.6) is 0 Å². The van der Waals surface area contributed by atoms with E-state index in [0.29, 0.717) is 30.5 Å². The van der Waals surface area contributed by atoms with E-state index in [1.54, 1.807) is 34.1 Å². The minimum Gasteiger partial charge on any atom is -0.340 e. The van der Waals surface area contributed by atoms with Gasteiger partial charge in [-0.15, -0.1) is 17.9 Å². The third-order valence-corrected chi connectivity index (χ3v) is 8.13. The summed E-state index contributed by atoms with van der Waals surface area (Å²) in [5.74, 6) is -0.359. The number of hydrogen-bond acceptors (Lipinski definition) is 5. The van der Waals surface area contributed by atoms with E-state index in [4.69, 9.17) is 11.6 Å². The molecule has 1 aromatic heterocycles. The molecule has 0 spiro atoms. The molecular formula is C21H24ClN3O4S2. The van der Waals surface area contributed by atoms with Crippen LogP contribution in [0.15, 0.2) is 53.9 Å². The molecule has 3 rings (SSSR count). The van der Waals surface area contributed by atoms with E-state index in [9.17, 15) is 18.0 Å². The minimum absolute atomic E-state index is 0.0624. The van der Waals surface area contributed by atoms with Gasteiger partial charge in [-0.2, -0.15) is 4.31 Å². The number of hydrogen-bond donors (Lipinski definition) is 0. The number of benzene rings is 1. The molecular weight excluding hydrogens is 458 g/mol. The first-order valence-electron chi connectivity index (χ1n) is 9.72. The first-order valence-corrected chi connectivity index (χ1v) is 12.4. The molecule has 10 heteroatoms. The lowest BCUT2D eigenvalue weighted by Crippen LogP contribution is -2.49. The maximum Gasteiger partial charge on any atom is 0.254 e. The monoisotopic (exact) mass is 481 g/mol. The van der Waals surface area contributed by atoms with Gasteiger partial charge in [0.1, 0.15) is 0 Å². The number of carbonyl (C=O) groups is 2. The Morgan fingerprint density at radius 1 is 1.19 bits per heavy atom. The van der Waals surface area contributed by atoms with E-state index in [1.165, 1.54) is 34.7 Å². The smallest absolute Gasteiger partial charge is 0.254 e. The van der Waals surface area contributed by atoms with E-state index in [0.717, 1.165) is 4.88 Å². The molecule has 0 atom stereocenters. The van der Waals surface area contributed by atoms with Crippen LogP contribution in [0.25, 0.3) is 0 Å². The molecule has 1 fully saturated rings. The fourth-order valence-electron chi connectivity index (χ4n) is 3.36. The zero-order valence-electron chi connectivity index (χ0n) is 17.2. The normalized spacial score (nSPS) is 15.0. The van der Waals surface area contributed by atoms with Crippen LogP contribution in [0.1, 0.15) is 22.2 Å². The molecule has 31 heavy (non-hydrogen) atoms. The van der Waals surface area contributed by atoms with Crippen molar-refractivity contribution in [2.45, 2.75) is 18.4 Å². The largest absolute Gasteiger partial charge is 0.340 e. The third-order valence-electron chi connectivity index (χ3n) is 5.01. The van der Waals surface area contributed by atoms with E-state index < -0.39 is 10.0 Å². The predicted octanol–water partition coefficient (Wildman–Crippen LogP) is 3.08. The molecule has 0 aliphatic carbocycles. The Labute approximate surface area is 191 Å². The Morgan fingerprint density at radius 2 is 1.90 bits per heavy atom. The van der Waals surface area contributed by atoms with Crippen LogP contribution in [0, 0.1) is 0 Å². The highest BCUT2D eigenvalue weighted by Crippen LogP contribution is 2.24. The molecule has 0 unspecified atom stereocenters. The van der Waals surface area contributed by atoms with Crippen molar-refractivity contribution < 1.29 is 18.0 Å². The van der Waals surface area contributed by atoms with Gasteiger partial charge in [0.05, 0.1) is 15.8 Å². The van der Waals surface area contributed by atoms with Gasteiger partial charge in [-0.05, 0) is 30.3 Å². The lowest BCUT2D eigenvalue weighted by molar-refractivity contribution is -0.129. The summed E-state index contributed by atoms with van der Waals surface area (Å²) in [6.45, 7) is 7.00. The van der Waals surface area contributed by atoms with Crippen LogP contribution in [0.3, 0.4) is 0 Å². The number of amides is 2. The van der Waals surface area contributed by atoms with Crippen LogP contribution in [0.4, 0.5) is 0 Å². The molecule has 1 aliphatic rings. The molecule has 0 radical (unpaired) electrons. The van der Waals surface area contributed by atoms with Gasteiger partial charge in [0.2, 0.25) is 15.9 Å². The quantitative estimate of drug-likeness (QED) is 0.569. The van der Waals surface area contributed by atoms with Crippen molar-refractivity contribution in [3.05, 3.63) is 63.8 Å². The average molecular weight is 482 g/mol. The van der Waals surface area contributed by atoms with Crippen molar-refractivity contribution in [3.63, 3.8) is 0 Å². The highest BCUT2D eigenvalue weighted by molar-refractivity contribution is 7.89. The van der Waals surface area contributed by atoms with Crippen molar-refractivity contribution in [1.82, 2.24) is 14.1 Å². The fraction of sp³-hybridized carbons (Fsp3) is 0.333. The van der Waals surface area contributed by atoms with E-state index >= 15 is 0 Å². The number of piperazine rings is 1. The van der Waals surface area contributed by atoms with Crippen LogP contribution in [-0.2, 0) is 21.4 Å². The average Bonchev–Trinajstić information content (AvgIpc) is 3.17. The highest BCUT2D eigenvalue weighted by Gasteiger charge is 2.30. The summed E-state index contributed by atoms with van der Waals surface area (Å²) in [7, 11) is -3.77. The van der Waals surface area contributed by atoms with Gasteiger partial charge in [-0.25, -0.2) is 8.42 Å². The van der Waals surface area contributed by atoms with Gasteiger partial charge in [0.25, 0.3) is 5.91 Å². The second-order valence-electron chi connectivity index (χ2n) is 7.12. The maximum atomic E-state index is 13.1. The molecule has 2 heterocycles. The molecule has 0 bridgehead atoms. The van der Waals surface area contributed by atoms with Crippen molar-refractivity contribution in [2.24, 2.45) is 0 Å². The molecule has 2 aromatic rings. The number of carbonyl (C=O) groups excluding carboxylic acids is 2. The Balaban J connectivity index is 1.80. The molecule has 1 saturated heterocycles. The zero-order valence-corrected chi connectivity index (χ0v) is 19.5. The van der Waals surface area contributed by atoms with Crippen molar-refractivity contribution in [2.75, 3.05) is 32.7 Å². The van der Waals surface area contributed by atoms with Gasteiger partial charge in [-0.1, -0.05) is 23.7 Å². The van der Waals surface area contributed by atoms with E-state index in [1.807, 2.05) is 6.07 Å². The molecule has 1 aromatic carbocycles. The standard InChI is InChI=1S/C21H24ClN3O4S2/c1-3-9-24(15-18-7-8-20(22)30-18)21(27)17-5-4-6-19(14-17)31(28,29)25-12-10-23(11-13-25)16(2)26/h3-8,14H,1,9-13,15H2,2H3. The highest BCUT2D eigenvalue weighted by atomic mass is 35.5. The van der Waals surface area contributed by atoms with E-state index in [-0.39, 0.29) is 35.4 Å². The van der Waals surface area contributed by atoms with Crippen molar-refractivity contribution >= 4 is 44.8 Å². The Hall–Kier alpha value is -2.20.